The number of rotatable bonds is 2. The van der Waals surface area contributed by atoms with E-state index in [1.165, 1.54) is 116 Å². The molecule has 0 saturated carbocycles. The molecule has 0 N–H and O–H groups in total. The maximum Gasteiger partial charge on any atom is 0.0296 e. The first-order valence-corrected chi connectivity index (χ1v) is 20.7. The summed E-state index contributed by atoms with van der Waals surface area (Å²) in [5.41, 5.74) is 24.2. The van der Waals surface area contributed by atoms with E-state index in [1.54, 1.807) is 0 Å². The van der Waals surface area contributed by atoms with Crippen LogP contribution >= 0.6 is 0 Å². The van der Waals surface area contributed by atoms with Gasteiger partial charge in [-0.15, -0.1) is 0 Å². The van der Waals surface area contributed by atoms with Crippen LogP contribution in [0, 0.1) is 6.92 Å². The maximum absolute atomic E-state index is 2.56. The third-order valence-corrected chi connectivity index (χ3v) is 14.4. The Hall–Kier alpha value is -6.50. The summed E-state index contributed by atoms with van der Waals surface area (Å²) in [5, 5.41) is 5.37. The Kier molecular flexibility index (Phi) is 6.28. The van der Waals surface area contributed by atoms with E-state index in [0.29, 0.717) is 0 Å². The molecule has 0 atom stereocenters. The van der Waals surface area contributed by atoms with Crippen molar-refractivity contribution in [3.8, 4) is 44.5 Å². The van der Waals surface area contributed by atoms with E-state index in [2.05, 4.69) is 183 Å². The molecule has 0 fully saturated rings. The van der Waals surface area contributed by atoms with Gasteiger partial charge in [0.15, 0.2) is 0 Å². The average molecular weight is 725 g/mol. The predicted octanol–water partition coefficient (Wildman–Crippen LogP) is 13.8. The third kappa shape index (κ3) is 4.18. The summed E-state index contributed by atoms with van der Waals surface area (Å²) in [4.78, 5) is 0. The van der Waals surface area contributed by atoms with Crippen molar-refractivity contribution in [3.05, 3.63) is 226 Å². The molecule has 4 aliphatic rings. The van der Waals surface area contributed by atoms with Gasteiger partial charge in [0, 0.05) is 10.8 Å². The van der Waals surface area contributed by atoms with Crippen LogP contribution in [0.25, 0.3) is 66.1 Å². The van der Waals surface area contributed by atoms with Gasteiger partial charge in [0.05, 0.1) is 0 Å². The molecule has 13 rings (SSSR count). The Bertz CT molecular complexity index is 2910. The molecule has 9 aromatic rings. The highest BCUT2D eigenvalue weighted by atomic mass is 14.5. The van der Waals surface area contributed by atoms with E-state index in [9.17, 15) is 0 Å². The molecule has 0 heterocycles. The monoisotopic (exact) mass is 724 g/mol. The van der Waals surface area contributed by atoms with Crippen LogP contribution in [0.5, 0.6) is 0 Å². The number of aryl methyl sites for hydroxylation is 1. The van der Waals surface area contributed by atoms with E-state index in [0.717, 1.165) is 25.7 Å². The van der Waals surface area contributed by atoms with Gasteiger partial charge in [-0.2, -0.15) is 0 Å². The SMILES string of the molecule is Cc1cc(-c2c3c(cc4ccccc24)CC2(C3)c3ccccc3-c3ccccc32)cc(-c2c3c(cc4ccccc24)CC2(C3)c3ccccc3-c3ccccc32)c1. The van der Waals surface area contributed by atoms with Crippen LogP contribution in [0.1, 0.15) is 50.1 Å². The fraction of sp³-hybridized carbons (Fsp3) is 0.123. The standard InChI is InChI=1S/C57H40/c1-35-26-38(54-42-16-4-2-14-36(42)28-40-31-56(33-48(40)54)50-22-10-6-18-44(50)45-19-7-11-23-51(45)56)30-39(27-35)55-43-17-5-3-15-37(43)29-41-32-57(34-49(41)55)52-24-12-8-20-46(52)47-21-9-13-25-53(47)57/h2-30H,31-34H2,1H3. The highest BCUT2D eigenvalue weighted by molar-refractivity contribution is 6.04. The van der Waals surface area contributed by atoms with Crippen molar-refractivity contribution in [3.63, 3.8) is 0 Å². The van der Waals surface area contributed by atoms with Gasteiger partial charge in [-0.3, -0.25) is 0 Å². The van der Waals surface area contributed by atoms with Gasteiger partial charge in [-0.05, 0) is 155 Å². The van der Waals surface area contributed by atoms with Crippen molar-refractivity contribution in [2.24, 2.45) is 0 Å². The van der Waals surface area contributed by atoms with Gasteiger partial charge >= 0.3 is 0 Å². The molecule has 4 aliphatic carbocycles. The molecule has 57 heavy (non-hydrogen) atoms. The lowest BCUT2D eigenvalue weighted by Gasteiger charge is -2.27. The van der Waals surface area contributed by atoms with Gasteiger partial charge in [-0.1, -0.05) is 170 Å². The zero-order valence-electron chi connectivity index (χ0n) is 32.1. The summed E-state index contributed by atoms with van der Waals surface area (Å²) in [6, 6.07) is 67.5. The zero-order chi connectivity index (χ0) is 37.5. The van der Waals surface area contributed by atoms with Gasteiger partial charge in [0.2, 0.25) is 0 Å². The first-order valence-electron chi connectivity index (χ1n) is 20.7. The molecule has 0 unspecified atom stereocenters. The topological polar surface area (TPSA) is 0 Å². The lowest BCUT2D eigenvalue weighted by molar-refractivity contribution is 0.564. The maximum atomic E-state index is 2.56. The zero-order valence-corrected chi connectivity index (χ0v) is 32.1. The summed E-state index contributed by atoms with van der Waals surface area (Å²) in [6.07, 6.45) is 4.05. The Morgan fingerprint density at radius 2 is 0.702 bits per heavy atom. The van der Waals surface area contributed by atoms with Crippen LogP contribution < -0.4 is 0 Å². The fourth-order valence-corrected chi connectivity index (χ4v) is 12.3. The average Bonchev–Trinajstić information content (AvgIpc) is 3.98. The Morgan fingerprint density at radius 1 is 0.351 bits per heavy atom. The van der Waals surface area contributed by atoms with Gasteiger partial charge in [0.1, 0.15) is 0 Å². The molecule has 0 bridgehead atoms. The van der Waals surface area contributed by atoms with Crippen LogP contribution in [0.3, 0.4) is 0 Å². The highest BCUT2D eigenvalue weighted by Gasteiger charge is 2.49. The first kappa shape index (κ1) is 31.7. The van der Waals surface area contributed by atoms with E-state index in [-0.39, 0.29) is 10.8 Å². The summed E-state index contributed by atoms with van der Waals surface area (Å²) < 4.78 is 0. The molecule has 268 valence electrons. The molecule has 0 heteroatoms. The minimum absolute atomic E-state index is 0.0626. The van der Waals surface area contributed by atoms with Crippen LogP contribution in [-0.4, -0.2) is 0 Å². The molecular formula is C57H40. The molecule has 0 radical (unpaired) electrons. The lowest BCUT2D eigenvalue weighted by atomic mass is 9.75. The normalized spacial score (nSPS) is 15.8. The van der Waals surface area contributed by atoms with E-state index >= 15 is 0 Å². The summed E-state index contributed by atoms with van der Waals surface area (Å²) in [5.74, 6) is 0. The predicted molar refractivity (Wildman–Crippen MR) is 237 cm³/mol. The van der Waals surface area contributed by atoms with Crippen molar-refractivity contribution < 1.29 is 0 Å². The van der Waals surface area contributed by atoms with E-state index < -0.39 is 0 Å². The van der Waals surface area contributed by atoms with Crippen LogP contribution in [-0.2, 0) is 36.5 Å². The van der Waals surface area contributed by atoms with Crippen molar-refractivity contribution >= 4 is 21.5 Å². The first-order chi connectivity index (χ1) is 28.1. The lowest BCUT2D eigenvalue weighted by Crippen LogP contribution is -2.25. The van der Waals surface area contributed by atoms with E-state index in [4.69, 9.17) is 0 Å². The molecule has 2 spiro atoms. The number of benzene rings is 9. The van der Waals surface area contributed by atoms with Crippen molar-refractivity contribution in [1.29, 1.82) is 0 Å². The van der Waals surface area contributed by atoms with Crippen molar-refractivity contribution in [1.82, 2.24) is 0 Å². The Balaban J connectivity index is 1.03. The second kappa shape index (κ2) is 11.3. The van der Waals surface area contributed by atoms with Crippen LogP contribution in [0.2, 0.25) is 0 Å². The minimum Gasteiger partial charge on any atom is -0.0619 e. The number of hydrogen-bond donors (Lipinski definition) is 0. The minimum atomic E-state index is -0.0626. The molecule has 0 aliphatic heterocycles. The second-order valence-electron chi connectivity index (χ2n) is 17.4. The van der Waals surface area contributed by atoms with E-state index in [1.807, 2.05) is 0 Å². The Morgan fingerprint density at radius 3 is 1.11 bits per heavy atom. The Labute approximate surface area is 334 Å². The quantitative estimate of drug-likeness (QED) is 0.167. The molecular weight excluding hydrogens is 685 g/mol. The second-order valence-corrected chi connectivity index (χ2v) is 17.4. The largest absolute Gasteiger partial charge is 0.0619 e. The summed E-state index contributed by atoms with van der Waals surface area (Å²) >= 11 is 0. The molecule has 0 aromatic heterocycles. The van der Waals surface area contributed by atoms with Gasteiger partial charge < -0.3 is 0 Å². The molecule has 0 nitrogen and oxygen atoms in total. The number of hydrogen-bond acceptors (Lipinski definition) is 0. The van der Waals surface area contributed by atoms with Crippen LogP contribution in [0.4, 0.5) is 0 Å². The van der Waals surface area contributed by atoms with Gasteiger partial charge in [0.25, 0.3) is 0 Å². The highest BCUT2D eigenvalue weighted by Crippen LogP contribution is 2.59. The molecule has 0 saturated heterocycles. The molecule has 0 amide bonds. The third-order valence-electron chi connectivity index (χ3n) is 14.4. The van der Waals surface area contributed by atoms with Gasteiger partial charge in [-0.25, -0.2) is 0 Å². The smallest absolute Gasteiger partial charge is 0.0296 e. The number of fused-ring (bicyclic) bond motifs is 14. The summed E-state index contributed by atoms with van der Waals surface area (Å²) in [6.45, 7) is 2.31. The van der Waals surface area contributed by atoms with Crippen molar-refractivity contribution in [2.75, 3.05) is 0 Å². The fourth-order valence-electron chi connectivity index (χ4n) is 12.3. The molecule has 9 aromatic carbocycles. The van der Waals surface area contributed by atoms with Crippen LogP contribution in [0.15, 0.2) is 176 Å². The summed E-state index contributed by atoms with van der Waals surface area (Å²) in [7, 11) is 0. The van der Waals surface area contributed by atoms with Crippen molar-refractivity contribution in [2.45, 2.75) is 43.4 Å².